The van der Waals surface area contributed by atoms with Crippen molar-refractivity contribution in [1.82, 2.24) is 19.9 Å². The Morgan fingerprint density at radius 1 is 1.46 bits per heavy atom. The standard InChI is InChI=1S/C16H20N6O2/c1-3-10-8-22(12(9-23)7-18-10)15-14-13(21(2)16(24)20-15)5-4-11(6-17)19-14/h4-5,10,12,18,23H,3,7-9H2,1-2H3/t10-,12-/m1/s1. The molecule has 1 aliphatic rings. The van der Waals surface area contributed by atoms with Crippen molar-refractivity contribution in [3.8, 4) is 6.07 Å². The molecule has 0 aliphatic carbocycles. The predicted octanol–water partition coefficient (Wildman–Crippen LogP) is -0.251. The molecule has 126 valence electrons. The van der Waals surface area contributed by atoms with Gasteiger partial charge in [0.1, 0.15) is 17.3 Å². The molecule has 1 aliphatic heterocycles. The minimum absolute atomic E-state index is 0.0558. The van der Waals surface area contributed by atoms with Crippen molar-refractivity contribution in [2.75, 3.05) is 24.6 Å². The number of aryl methyl sites for hydroxylation is 1. The average Bonchev–Trinajstić information content (AvgIpc) is 2.63. The second-order valence-corrected chi connectivity index (χ2v) is 5.96. The third-order valence-corrected chi connectivity index (χ3v) is 4.53. The lowest BCUT2D eigenvalue weighted by molar-refractivity contribution is 0.233. The number of piperazine rings is 1. The first-order chi connectivity index (χ1) is 11.6. The van der Waals surface area contributed by atoms with E-state index < -0.39 is 0 Å². The van der Waals surface area contributed by atoms with Gasteiger partial charge in [0.2, 0.25) is 0 Å². The Morgan fingerprint density at radius 2 is 2.25 bits per heavy atom. The molecule has 0 amide bonds. The predicted molar refractivity (Wildman–Crippen MR) is 89.8 cm³/mol. The lowest BCUT2D eigenvalue weighted by Crippen LogP contribution is -2.58. The third-order valence-electron chi connectivity index (χ3n) is 4.53. The molecular weight excluding hydrogens is 308 g/mol. The van der Waals surface area contributed by atoms with E-state index in [9.17, 15) is 9.90 Å². The van der Waals surface area contributed by atoms with E-state index in [4.69, 9.17) is 5.26 Å². The topological polar surface area (TPSA) is 107 Å². The lowest BCUT2D eigenvalue weighted by atomic mass is 10.1. The van der Waals surface area contributed by atoms with Gasteiger partial charge in [0, 0.05) is 26.2 Å². The summed E-state index contributed by atoms with van der Waals surface area (Å²) in [5.74, 6) is 0.434. The summed E-state index contributed by atoms with van der Waals surface area (Å²) in [4.78, 5) is 22.7. The zero-order valence-corrected chi connectivity index (χ0v) is 13.7. The third kappa shape index (κ3) is 2.72. The molecular formula is C16H20N6O2. The van der Waals surface area contributed by atoms with Gasteiger partial charge in [-0.25, -0.2) is 9.78 Å². The molecule has 0 aromatic carbocycles. The van der Waals surface area contributed by atoms with Crippen LogP contribution in [0.2, 0.25) is 0 Å². The van der Waals surface area contributed by atoms with Gasteiger partial charge in [-0.05, 0) is 18.6 Å². The molecule has 0 bridgehead atoms. The number of nitrogens with one attached hydrogen (secondary N) is 1. The highest BCUT2D eigenvalue weighted by molar-refractivity contribution is 5.86. The van der Waals surface area contributed by atoms with Crippen LogP contribution in [0, 0.1) is 11.3 Å². The van der Waals surface area contributed by atoms with Crippen molar-refractivity contribution < 1.29 is 5.11 Å². The zero-order valence-electron chi connectivity index (χ0n) is 13.7. The van der Waals surface area contributed by atoms with Crippen LogP contribution in [0.4, 0.5) is 5.82 Å². The highest BCUT2D eigenvalue weighted by atomic mass is 16.3. The van der Waals surface area contributed by atoms with E-state index in [0.29, 0.717) is 29.9 Å². The molecule has 2 aromatic heterocycles. The molecule has 0 spiro atoms. The summed E-state index contributed by atoms with van der Waals surface area (Å²) in [6.45, 7) is 3.25. The number of nitriles is 1. The van der Waals surface area contributed by atoms with E-state index >= 15 is 0 Å². The van der Waals surface area contributed by atoms with Gasteiger partial charge in [-0.2, -0.15) is 10.2 Å². The minimum Gasteiger partial charge on any atom is -0.394 e. The molecule has 2 N–H and O–H groups in total. The molecule has 0 saturated carbocycles. The normalized spacial score (nSPS) is 21.0. The number of hydrogen-bond donors (Lipinski definition) is 2. The first-order valence-electron chi connectivity index (χ1n) is 7.97. The molecule has 2 aromatic rings. The number of aliphatic hydroxyl groups is 1. The molecule has 3 heterocycles. The largest absolute Gasteiger partial charge is 0.394 e. The van der Waals surface area contributed by atoms with Crippen LogP contribution in [0.5, 0.6) is 0 Å². The number of fused-ring (bicyclic) bond motifs is 1. The fourth-order valence-corrected chi connectivity index (χ4v) is 3.03. The van der Waals surface area contributed by atoms with Gasteiger partial charge in [0.05, 0.1) is 18.2 Å². The zero-order chi connectivity index (χ0) is 17.3. The smallest absolute Gasteiger partial charge is 0.349 e. The van der Waals surface area contributed by atoms with Gasteiger partial charge >= 0.3 is 5.69 Å². The number of aliphatic hydroxyl groups excluding tert-OH is 1. The second-order valence-electron chi connectivity index (χ2n) is 5.96. The van der Waals surface area contributed by atoms with Crippen molar-refractivity contribution in [1.29, 1.82) is 5.26 Å². The second kappa shape index (κ2) is 6.55. The van der Waals surface area contributed by atoms with Crippen LogP contribution >= 0.6 is 0 Å². The van der Waals surface area contributed by atoms with Crippen molar-refractivity contribution in [2.45, 2.75) is 25.4 Å². The number of anilines is 1. The molecule has 8 heteroatoms. The van der Waals surface area contributed by atoms with E-state index in [1.807, 2.05) is 11.0 Å². The van der Waals surface area contributed by atoms with Crippen LogP contribution in [0.25, 0.3) is 11.0 Å². The van der Waals surface area contributed by atoms with Crippen molar-refractivity contribution in [2.24, 2.45) is 7.05 Å². The monoisotopic (exact) mass is 328 g/mol. The SMILES string of the molecule is CC[C@@H]1CN(c2nc(=O)n(C)c3ccc(C#N)nc23)[C@@H](CO)CN1. The number of hydrogen-bond acceptors (Lipinski definition) is 7. The highest BCUT2D eigenvalue weighted by Gasteiger charge is 2.30. The van der Waals surface area contributed by atoms with E-state index in [1.165, 1.54) is 4.57 Å². The molecule has 3 rings (SSSR count). The maximum absolute atomic E-state index is 12.3. The number of pyridine rings is 1. The van der Waals surface area contributed by atoms with Crippen LogP contribution in [0.15, 0.2) is 16.9 Å². The van der Waals surface area contributed by atoms with Gasteiger partial charge in [-0.3, -0.25) is 4.57 Å². The Hall–Kier alpha value is -2.50. The lowest BCUT2D eigenvalue weighted by Gasteiger charge is -2.40. The molecule has 24 heavy (non-hydrogen) atoms. The van der Waals surface area contributed by atoms with E-state index in [2.05, 4.69) is 22.2 Å². The summed E-state index contributed by atoms with van der Waals surface area (Å²) in [5, 5.41) is 22.2. The fraction of sp³-hybridized carbons (Fsp3) is 0.500. The van der Waals surface area contributed by atoms with Gasteiger partial charge in [0.15, 0.2) is 5.82 Å². The van der Waals surface area contributed by atoms with Gasteiger partial charge in [-0.1, -0.05) is 6.92 Å². The average molecular weight is 328 g/mol. The summed E-state index contributed by atoms with van der Waals surface area (Å²) >= 11 is 0. The Labute approximate surface area is 139 Å². The van der Waals surface area contributed by atoms with E-state index in [1.54, 1.807) is 19.2 Å². The quantitative estimate of drug-likeness (QED) is 0.800. The molecule has 0 radical (unpaired) electrons. The Balaban J connectivity index is 2.21. The maximum Gasteiger partial charge on any atom is 0.349 e. The van der Waals surface area contributed by atoms with Crippen LogP contribution in [0.3, 0.4) is 0 Å². The number of nitrogens with zero attached hydrogens (tertiary/aromatic N) is 5. The van der Waals surface area contributed by atoms with Crippen molar-refractivity contribution in [3.63, 3.8) is 0 Å². The summed E-state index contributed by atoms with van der Waals surface area (Å²) in [6, 6.07) is 5.37. The highest BCUT2D eigenvalue weighted by Crippen LogP contribution is 2.25. The Morgan fingerprint density at radius 3 is 2.92 bits per heavy atom. The first kappa shape index (κ1) is 16.4. The summed E-state index contributed by atoms with van der Waals surface area (Å²) in [7, 11) is 1.63. The molecule has 2 atom stereocenters. The first-order valence-corrected chi connectivity index (χ1v) is 7.97. The van der Waals surface area contributed by atoms with Crippen LogP contribution in [-0.4, -0.2) is 51.4 Å². The van der Waals surface area contributed by atoms with E-state index in [-0.39, 0.29) is 30.1 Å². The van der Waals surface area contributed by atoms with Crippen LogP contribution in [0.1, 0.15) is 19.0 Å². The Bertz CT molecular complexity index is 856. The Kier molecular flexibility index (Phi) is 4.46. The summed E-state index contributed by atoms with van der Waals surface area (Å²) in [5.41, 5.74) is 1.01. The van der Waals surface area contributed by atoms with Gasteiger partial charge < -0.3 is 15.3 Å². The number of rotatable bonds is 3. The molecule has 8 nitrogen and oxygen atoms in total. The van der Waals surface area contributed by atoms with Crippen molar-refractivity contribution in [3.05, 3.63) is 28.3 Å². The van der Waals surface area contributed by atoms with Crippen molar-refractivity contribution >= 4 is 16.9 Å². The fourth-order valence-electron chi connectivity index (χ4n) is 3.03. The van der Waals surface area contributed by atoms with Gasteiger partial charge in [-0.15, -0.1) is 0 Å². The summed E-state index contributed by atoms with van der Waals surface area (Å²) in [6.07, 6.45) is 0.925. The van der Waals surface area contributed by atoms with Crippen LogP contribution in [-0.2, 0) is 7.05 Å². The maximum atomic E-state index is 12.3. The molecule has 0 unspecified atom stereocenters. The minimum atomic E-state index is -0.382. The van der Waals surface area contributed by atoms with Gasteiger partial charge in [0.25, 0.3) is 0 Å². The van der Waals surface area contributed by atoms with E-state index in [0.717, 1.165) is 6.42 Å². The summed E-state index contributed by atoms with van der Waals surface area (Å²) < 4.78 is 1.42. The number of aromatic nitrogens is 3. The van der Waals surface area contributed by atoms with Crippen LogP contribution < -0.4 is 15.9 Å². The molecule has 1 fully saturated rings. The molecule has 1 saturated heterocycles.